The number of aryl methyl sites for hydroxylation is 1. The van der Waals surface area contributed by atoms with Crippen LogP contribution < -0.4 is 19.7 Å². The summed E-state index contributed by atoms with van der Waals surface area (Å²) < 4.78 is 13.2. The lowest BCUT2D eigenvalue weighted by Crippen LogP contribution is -2.29. The van der Waals surface area contributed by atoms with E-state index < -0.39 is 0 Å². The van der Waals surface area contributed by atoms with Crippen LogP contribution in [0.5, 0.6) is 11.5 Å². The molecule has 32 heavy (non-hydrogen) atoms. The normalized spacial score (nSPS) is 15.8. The minimum absolute atomic E-state index is 0.189. The third-order valence-corrected chi connectivity index (χ3v) is 5.94. The molecule has 0 atom stereocenters. The molecule has 1 aromatic heterocycles. The summed E-state index contributed by atoms with van der Waals surface area (Å²) in [5.74, 6) is 1.22. The quantitative estimate of drug-likeness (QED) is 0.658. The predicted octanol–water partition coefficient (Wildman–Crippen LogP) is 4.49. The molecule has 1 N–H and O–H groups in total. The third kappa shape index (κ3) is 4.28. The first-order valence-electron chi connectivity index (χ1n) is 11.3. The van der Waals surface area contributed by atoms with Crippen LogP contribution in [0.25, 0.3) is 11.3 Å². The van der Waals surface area contributed by atoms with Gasteiger partial charge in [0.1, 0.15) is 5.69 Å². The Kier molecular flexibility index (Phi) is 5.71. The Morgan fingerprint density at radius 1 is 0.938 bits per heavy atom. The van der Waals surface area contributed by atoms with Gasteiger partial charge in [-0.05, 0) is 61.7 Å². The van der Waals surface area contributed by atoms with Gasteiger partial charge in [0.15, 0.2) is 11.5 Å². The molecule has 2 aliphatic rings. The van der Waals surface area contributed by atoms with Crippen LogP contribution >= 0.6 is 0 Å². The number of benzene rings is 2. The van der Waals surface area contributed by atoms with Crippen molar-refractivity contribution >= 4 is 17.3 Å². The van der Waals surface area contributed by atoms with Crippen molar-refractivity contribution in [2.75, 3.05) is 36.5 Å². The number of amides is 1. The summed E-state index contributed by atoms with van der Waals surface area (Å²) in [6.07, 6.45) is 6.37. The zero-order valence-electron chi connectivity index (χ0n) is 18.3. The molecular formula is C25H28N4O3. The van der Waals surface area contributed by atoms with E-state index in [1.54, 1.807) is 10.9 Å². The van der Waals surface area contributed by atoms with Gasteiger partial charge in [0, 0.05) is 49.7 Å². The first-order valence-corrected chi connectivity index (χ1v) is 11.3. The average molecular weight is 433 g/mol. The van der Waals surface area contributed by atoms with Crippen LogP contribution in [-0.2, 0) is 7.05 Å². The largest absolute Gasteiger partial charge is 0.490 e. The molecule has 1 fully saturated rings. The number of piperidine rings is 1. The standard InChI is InChI=1S/C25H28N4O3/c1-28-17-21(24(27-28)18-6-11-22-23(16-18)32-15-5-14-31-22)25(30)26-19-7-9-20(10-8-19)29-12-3-2-4-13-29/h6-11,16-17H,2-5,12-15H2,1H3,(H,26,30). The lowest BCUT2D eigenvalue weighted by molar-refractivity contribution is 0.102. The molecule has 0 unspecified atom stereocenters. The first-order chi connectivity index (χ1) is 15.7. The lowest BCUT2D eigenvalue weighted by Gasteiger charge is -2.28. The molecule has 0 bridgehead atoms. The van der Waals surface area contributed by atoms with Crippen LogP contribution in [0, 0.1) is 0 Å². The summed E-state index contributed by atoms with van der Waals surface area (Å²) >= 11 is 0. The van der Waals surface area contributed by atoms with Gasteiger partial charge in [0.25, 0.3) is 5.91 Å². The number of rotatable bonds is 4. The molecule has 5 rings (SSSR count). The summed E-state index contributed by atoms with van der Waals surface area (Å²) in [7, 11) is 1.82. The van der Waals surface area contributed by atoms with Crippen molar-refractivity contribution in [1.29, 1.82) is 0 Å². The van der Waals surface area contributed by atoms with Crippen molar-refractivity contribution in [2.45, 2.75) is 25.7 Å². The lowest BCUT2D eigenvalue weighted by atomic mass is 10.1. The Balaban J connectivity index is 1.35. The monoisotopic (exact) mass is 432 g/mol. The van der Waals surface area contributed by atoms with Crippen LogP contribution in [0.2, 0.25) is 0 Å². The van der Waals surface area contributed by atoms with Crippen LogP contribution in [0.4, 0.5) is 11.4 Å². The van der Waals surface area contributed by atoms with Crippen LogP contribution in [0.1, 0.15) is 36.0 Å². The van der Waals surface area contributed by atoms with Crippen LogP contribution in [-0.4, -0.2) is 42.0 Å². The third-order valence-electron chi connectivity index (χ3n) is 5.94. The number of hydrogen-bond donors (Lipinski definition) is 1. The number of aromatic nitrogens is 2. The van der Waals surface area contributed by atoms with Gasteiger partial charge in [-0.15, -0.1) is 0 Å². The highest BCUT2D eigenvalue weighted by Gasteiger charge is 2.20. The smallest absolute Gasteiger partial charge is 0.259 e. The van der Waals surface area contributed by atoms with E-state index in [1.807, 2.05) is 37.4 Å². The fourth-order valence-electron chi connectivity index (χ4n) is 4.28. The average Bonchev–Trinajstić information content (AvgIpc) is 3.07. The van der Waals surface area contributed by atoms with Gasteiger partial charge in [-0.25, -0.2) is 0 Å². The van der Waals surface area contributed by atoms with E-state index in [4.69, 9.17) is 9.47 Å². The number of anilines is 2. The highest BCUT2D eigenvalue weighted by atomic mass is 16.5. The molecule has 3 aromatic rings. The maximum absolute atomic E-state index is 13.1. The molecule has 0 radical (unpaired) electrons. The minimum atomic E-state index is -0.189. The molecule has 0 spiro atoms. The van der Waals surface area contributed by atoms with E-state index >= 15 is 0 Å². The number of carbonyl (C=O) groups is 1. The van der Waals surface area contributed by atoms with E-state index in [0.29, 0.717) is 30.2 Å². The van der Waals surface area contributed by atoms with Crippen molar-refractivity contribution in [3.8, 4) is 22.8 Å². The molecule has 0 aliphatic carbocycles. The van der Waals surface area contributed by atoms with Crippen molar-refractivity contribution in [1.82, 2.24) is 9.78 Å². The van der Waals surface area contributed by atoms with Gasteiger partial charge in [-0.3, -0.25) is 9.48 Å². The van der Waals surface area contributed by atoms with Crippen molar-refractivity contribution in [2.24, 2.45) is 7.05 Å². The summed E-state index contributed by atoms with van der Waals surface area (Å²) in [4.78, 5) is 15.5. The second kappa shape index (κ2) is 8.94. The predicted molar refractivity (Wildman–Crippen MR) is 125 cm³/mol. The van der Waals surface area contributed by atoms with Gasteiger partial charge < -0.3 is 19.7 Å². The van der Waals surface area contributed by atoms with E-state index in [2.05, 4.69) is 27.4 Å². The van der Waals surface area contributed by atoms with E-state index in [0.717, 1.165) is 36.5 Å². The number of nitrogens with one attached hydrogen (secondary N) is 1. The number of nitrogens with zero attached hydrogens (tertiary/aromatic N) is 3. The van der Waals surface area contributed by atoms with Gasteiger partial charge in [0.2, 0.25) is 0 Å². The molecule has 0 saturated carbocycles. The zero-order chi connectivity index (χ0) is 21.9. The highest BCUT2D eigenvalue weighted by Crippen LogP contribution is 2.35. The Morgan fingerprint density at radius 3 is 2.47 bits per heavy atom. The van der Waals surface area contributed by atoms with E-state index in [9.17, 15) is 4.79 Å². The zero-order valence-corrected chi connectivity index (χ0v) is 18.3. The summed E-state index contributed by atoms with van der Waals surface area (Å²) in [5, 5.41) is 7.56. The highest BCUT2D eigenvalue weighted by molar-refractivity contribution is 6.08. The Labute approximate surface area is 187 Å². The van der Waals surface area contributed by atoms with Crippen molar-refractivity contribution in [3.05, 3.63) is 54.2 Å². The topological polar surface area (TPSA) is 68.6 Å². The second-order valence-corrected chi connectivity index (χ2v) is 8.33. The van der Waals surface area contributed by atoms with Gasteiger partial charge in [-0.2, -0.15) is 5.10 Å². The number of carbonyl (C=O) groups excluding carboxylic acids is 1. The van der Waals surface area contributed by atoms with Gasteiger partial charge >= 0.3 is 0 Å². The molecule has 1 saturated heterocycles. The first kappa shape index (κ1) is 20.4. The van der Waals surface area contributed by atoms with Gasteiger partial charge in [0.05, 0.1) is 18.8 Å². The van der Waals surface area contributed by atoms with Crippen molar-refractivity contribution < 1.29 is 14.3 Å². The molecule has 3 heterocycles. The Morgan fingerprint density at radius 2 is 1.69 bits per heavy atom. The fourth-order valence-corrected chi connectivity index (χ4v) is 4.28. The van der Waals surface area contributed by atoms with Gasteiger partial charge in [-0.1, -0.05) is 0 Å². The molecule has 2 aliphatic heterocycles. The van der Waals surface area contributed by atoms with E-state index in [1.165, 1.54) is 24.9 Å². The molecule has 7 heteroatoms. The molecule has 2 aromatic carbocycles. The second-order valence-electron chi connectivity index (χ2n) is 8.33. The minimum Gasteiger partial charge on any atom is -0.490 e. The van der Waals surface area contributed by atoms with Crippen molar-refractivity contribution in [3.63, 3.8) is 0 Å². The molecule has 166 valence electrons. The SMILES string of the molecule is Cn1cc(C(=O)Nc2ccc(N3CCCCC3)cc2)c(-c2ccc3c(c2)OCCCO3)n1. The number of ether oxygens (including phenoxy) is 2. The fraction of sp³-hybridized carbons (Fsp3) is 0.360. The van der Waals surface area contributed by atoms with Crippen LogP contribution in [0.15, 0.2) is 48.7 Å². The van der Waals surface area contributed by atoms with E-state index in [-0.39, 0.29) is 5.91 Å². The van der Waals surface area contributed by atoms with Crippen LogP contribution in [0.3, 0.4) is 0 Å². The molecule has 1 amide bonds. The molecular weight excluding hydrogens is 404 g/mol. The maximum Gasteiger partial charge on any atom is 0.259 e. The molecule has 7 nitrogen and oxygen atoms in total. The Bertz CT molecular complexity index is 1100. The summed E-state index contributed by atoms with van der Waals surface area (Å²) in [6, 6.07) is 13.8. The summed E-state index contributed by atoms with van der Waals surface area (Å²) in [5.41, 5.74) is 3.93. The number of fused-ring (bicyclic) bond motifs is 1. The number of hydrogen-bond acceptors (Lipinski definition) is 5. The summed E-state index contributed by atoms with van der Waals surface area (Å²) in [6.45, 7) is 3.44. The Hall–Kier alpha value is -3.48. The maximum atomic E-state index is 13.1.